The highest BCUT2D eigenvalue weighted by Gasteiger charge is 2.10. The van der Waals surface area contributed by atoms with E-state index in [1.165, 1.54) is 24.3 Å². The molecule has 0 aliphatic carbocycles. The zero-order chi connectivity index (χ0) is 14.5. The Balaban J connectivity index is 2.02. The molecule has 0 spiro atoms. The van der Waals surface area contributed by atoms with E-state index in [2.05, 4.69) is 5.32 Å². The van der Waals surface area contributed by atoms with Gasteiger partial charge in [-0.1, -0.05) is 23.7 Å². The third kappa shape index (κ3) is 3.46. The first-order valence-corrected chi connectivity index (χ1v) is 5.92. The number of benzene rings is 1. The van der Waals surface area contributed by atoms with Gasteiger partial charge >= 0.3 is 5.88 Å². The summed E-state index contributed by atoms with van der Waals surface area (Å²) in [6, 6.07) is 9.41. The molecule has 2 rings (SSSR count). The molecule has 0 bridgehead atoms. The lowest BCUT2D eigenvalue weighted by molar-refractivity contribution is -0.402. The lowest BCUT2D eigenvalue weighted by Crippen LogP contribution is -2.07. The molecule has 0 aliphatic heterocycles. The number of anilines is 1. The van der Waals surface area contributed by atoms with Gasteiger partial charge in [-0.2, -0.15) is 0 Å². The van der Waals surface area contributed by atoms with Gasteiger partial charge in [0.15, 0.2) is 0 Å². The Kier molecular flexibility index (Phi) is 4.17. The van der Waals surface area contributed by atoms with Crippen LogP contribution in [0.15, 0.2) is 46.9 Å². The second-order valence-electron chi connectivity index (χ2n) is 3.74. The summed E-state index contributed by atoms with van der Waals surface area (Å²) in [6.45, 7) is 0. The number of rotatable bonds is 4. The topological polar surface area (TPSA) is 85.4 Å². The maximum atomic E-state index is 11.6. The van der Waals surface area contributed by atoms with Gasteiger partial charge in [0.2, 0.25) is 5.91 Å². The molecule has 0 atom stereocenters. The van der Waals surface area contributed by atoms with Gasteiger partial charge in [-0.05, 0) is 24.3 Å². The van der Waals surface area contributed by atoms with Gasteiger partial charge in [-0.25, -0.2) is 0 Å². The molecule has 0 saturated carbocycles. The molecule has 0 fully saturated rings. The molecule has 7 heteroatoms. The molecule has 0 radical (unpaired) electrons. The predicted octanol–water partition coefficient (Wildman–Crippen LogP) is 3.49. The number of hydrogen-bond acceptors (Lipinski definition) is 4. The molecule has 1 N–H and O–H groups in total. The number of halogens is 1. The SMILES string of the molecule is O=C(/C=C/c1ccc([N+](=O)[O-])o1)Nc1ccccc1Cl. The van der Waals surface area contributed by atoms with Crippen molar-refractivity contribution in [3.05, 3.63) is 63.4 Å². The van der Waals surface area contributed by atoms with Crippen LogP contribution in [0.3, 0.4) is 0 Å². The van der Waals surface area contributed by atoms with E-state index in [0.29, 0.717) is 10.7 Å². The van der Waals surface area contributed by atoms with E-state index >= 15 is 0 Å². The van der Waals surface area contributed by atoms with Gasteiger partial charge in [-0.3, -0.25) is 14.9 Å². The van der Waals surface area contributed by atoms with Crippen molar-refractivity contribution in [2.24, 2.45) is 0 Å². The van der Waals surface area contributed by atoms with Crippen molar-refractivity contribution in [2.75, 3.05) is 5.32 Å². The van der Waals surface area contributed by atoms with Crippen LogP contribution >= 0.6 is 11.6 Å². The third-order valence-electron chi connectivity index (χ3n) is 2.32. The number of nitrogens with zero attached hydrogens (tertiary/aromatic N) is 1. The Morgan fingerprint density at radius 3 is 2.70 bits per heavy atom. The Hall–Kier alpha value is -2.60. The van der Waals surface area contributed by atoms with Gasteiger partial charge in [0.05, 0.1) is 16.8 Å². The van der Waals surface area contributed by atoms with Crippen LogP contribution < -0.4 is 5.32 Å². The molecule has 0 aliphatic rings. The standard InChI is InChI=1S/C13H9ClN2O4/c14-10-3-1-2-4-11(10)15-12(17)7-5-9-6-8-13(20-9)16(18)19/h1-8H,(H,15,17)/b7-5+. The molecule has 1 aromatic carbocycles. The number of furan rings is 1. The number of carbonyl (C=O) groups is 1. The van der Waals surface area contributed by atoms with Crippen LogP contribution in [0, 0.1) is 10.1 Å². The Bertz CT molecular complexity index is 679. The minimum Gasteiger partial charge on any atom is -0.401 e. The quantitative estimate of drug-likeness (QED) is 0.531. The van der Waals surface area contributed by atoms with Crippen molar-refractivity contribution < 1.29 is 14.1 Å². The summed E-state index contributed by atoms with van der Waals surface area (Å²) in [5.41, 5.74) is 0.481. The normalized spacial score (nSPS) is 10.7. The lowest BCUT2D eigenvalue weighted by atomic mass is 10.3. The molecule has 1 aromatic heterocycles. The number of amides is 1. The molecule has 0 saturated heterocycles. The molecule has 1 amide bonds. The van der Waals surface area contributed by atoms with Crippen molar-refractivity contribution >= 4 is 35.2 Å². The fourth-order valence-electron chi connectivity index (χ4n) is 1.42. The van der Waals surface area contributed by atoms with E-state index < -0.39 is 10.8 Å². The summed E-state index contributed by atoms with van der Waals surface area (Å²) in [5.74, 6) is -0.584. The van der Waals surface area contributed by atoms with Gasteiger partial charge in [0.1, 0.15) is 10.7 Å². The van der Waals surface area contributed by atoms with E-state index in [4.69, 9.17) is 16.0 Å². The summed E-state index contributed by atoms with van der Waals surface area (Å²) in [6.07, 6.45) is 2.53. The van der Waals surface area contributed by atoms with Crippen molar-refractivity contribution in [2.45, 2.75) is 0 Å². The second-order valence-corrected chi connectivity index (χ2v) is 4.14. The van der Waals surface area contributed by atoms with Crippen LogP contribution in [-0.2, 0) is 4.79 Å². The van der Waals surface area contributed by atoms with Gasteiger partial charge < -0.3 is 9.73 Å². The molecule has 102 valence electrons. The number of nitrogens with one attached hydrogen (secondary N) is 1. The van der Waals surface area contributed by atoms with Crippen molar-refractivity contribution in [1.82, 2.24) is 0 Å². The van der Waals surface area contributed by atoms with Crippen molar-refractivity contribution in [3.63, 3.8) is 0 Å². The minimum atomic E-state index is -0.652. The van der Waals surface area contributed by atoms with Crippen LogP contribution in [0.5, 0.6) is 0 Å². The predicted molar refractivity (Wildman–Crippen MR) is 74.5 cm³/mol. The van der Waals surface area contributed by atoms with E-state index in [9.17, 15) is 14.9 Å². The summed E-state index contributed by atoms with van der Waals surface area (Å²) >= 11 is 5.89. The first kappa shape index (κ1) is 13.8. The monoisotopic (exact) mass is 292 g/mol. The molecular weight excluding hydrogens is 284 g/mol. The largest absolute Gasteiger partial charge is 0.433 e. The summed E-state index contributed by atoms with van der Waals surface area (Å²) < 4.78 is 4.88. The minimum absolute atomic E-state index is 0.214. The zero-order valence-electron chi connectivity index (χ0n) is 10.1. The van der Waals surface area contributed by atoms with Gasteiger partial charge in [0.25, 0.3) is 0 Å². The van der Waals surface area contributed by atoms with Crippen LogP contribution in [0.2, 0.25) is 5.02 Å². The fourth-order valence-corrected chi connectivity index (χ4v) is 1.61. The van der Waals surface area contributed by atoms with E-state index in [0.717, 1.165) is 0 Å². The highest BCUT2D eigenvalue weighted by atomic mass is 35.5. The Morgan fingerprint density at radius 2 is 2.05 bits per heavy atom. The Labute approximate surface area is 118 Å². The van der Waals surface area contributed by atoms with Crippen molar-refractivity contribution in [1.29, 1.82) is 0 Å². The molecule has 20 heavy (non-hydrogen) atoms. The molecule has 1 heterocycles. The average Bonchev–Trinajstić information content (AvgIpc) is 2.88. The maximum absolute atomic E-state index is 11.6. The van der Waals surface area contributed by atoms with Crippen LogP contribution in [-0.4, -0.2) is 10.8 Å². The smallest absolute Gasteiger partial charge is 0.401 e. The lowest BCUT2D eigenvalue weighted by Gasteiger charge is -2.03. The molecular formula is C13H9ClN2O4. The molecule has 0 unspecified atom stereocenters. The highest BCUT2D eigenvalue weighted by molar-refractivity contribution is 6.33. The highest BCUT2D eigenvalue weighted by Crippen LogP contribution is 2.20. The van der Waals surface area contributed by atoms with Gasteiger partial charge in [0, 0.05) is 6.08 Å². The second kappa shape index (κ2) is 6.03. The summed E-state index contributed by atoms with van der Waals surface area (Å²) in [4.78, 5) is 21.4. The van der Waals surface area contributed by atoms with Crippen molar-refractivity contribution in [3.8, 4) is 0 Å². The number of para-hydroxylation sites is 1. The van der Waals surface area contributed by atoms with E-state index in [1.54, 1.807) is 24.3 Å². The average molecular weight is 293 g/mol. The van der Waals surface area contributed by atoms with E-state index in [1.807, 2.05) is 0 Å². The first-order valence-electron chi connectivity index (χ1n) is 5.54. The molecule has 2 aromatic rings. The summed E-state index contributed by atoms with van der Waals surface area (Å²) in [5, 5.41) is 13.4. The third-order valence-corrected chi connectivity index (χ3v) is 2.65. The number of hydrogen-bond donors (Lipinski definition) is 1. The number of carbonyl (C=O) groups excluding carboxylic acids is 1. The van der Waals surface area contributed by atoms with E-state index in [-0.39, 0.29) is 11.6 Å². The zero-order valence-corrected chi connectivity index (χ0v) is 10.8. The first-order chi connectivity index (χ1) is 9.56. The van der Waals surface area contributed by atoms with Crippen LogP contribution in [0.4, 0.5) is 11.6 Å². The summed E-state index contributed by atoms with van der Waals surface area (Å²) in [7, 11) is 0. The maximum Gasteiger partial charge on any atom is 0.433 e. The fraction of sp³-hybridized carbons (Fsp3) is 0. The number of nitro groups is 1. The Morgan fingerprint density at radius 1 is 1.30 bits per heavy atom. The van der Waals surface area contributed by atoms with Gasteiger partial charge in [-0.15, -0.1) is 0 Å². The van der Waals surface area contributed by atoms with Crippen LogP contribution in [0.1, 0.15) is 5.76 Å². The molecule has 6 nitrogen and oxygen atoms in total. The van der Waals surface area contributed by atoms with Crippen LogP contribution in [0.25, 0.3) is 6.08 Å².